The van der Waals surface area contributed by atoms with E-state index < -0.39 is 10.0 Å². The van der Waals surface area contributed by atoms with Gasteiger partial charge in [-0.25, -0.2) is 18.1 Å². The summed E-state index contributed by atoms with van der Waals surface area (Å²) in [5.41, 5.74) is 0. The Morgan fingerprint density at radius 2 is 2.12 bits per heavy atom. The second-order valence-corrected chi connectivity index (χ2v) is 6.39. The van der Waals surface area contributed by atoms with Gasteiger partial charge in [0.1, 0.15) is 12.2 Å². The first kappa shape index (κ1) is 12.5. The van der Waals surface area contributed by atoms with Crippen LogP contribution in [0.5, 0.6) is 0 Å². The lowest BCUT2D eigenvalue weighted by Gasteiger charge is -2.21. The molecular weight excluding hydrogens is 240 g/mol. The van der Waals surface area contributed by atoms with Gasteiger partial charge in [-0.15, -0.1) is 0 Å². The van der Waals surface area contributed by atoms with Crippen molar-refractivity contribution in [1.82, 2.24) is 19.9 Å². The molecule has 0 bridgehead atoms. The molecule has 1 aromatic heterocycles. The molecule has 6 nitrogen and oxygen atoms in total. The molecule has 0 atom stereocenters. The summed E-state index contributed by atoms with van der Waals surface area (Å²) in [5, 5.41) is 6.29. The van der Waals surface area contributed by atoms with Gasteiger partial charge in [0.15, 0.2) is 0 Å². The average molecular weight is 258 g/mol. The van der Waals surface area contributed by atoms with Crippen molar-refractivity contribution in [3.8, 4) is 0 Å². The Hall–Kier alpha value is -0.950. The van der Waals surface area contributed by atoms with Gasteiger partial charge in [0, 0.05) is 0 Å². The molecule has 1 aromatic rings. The maximum Gasteiger partial charge on any atom is 0.212 e. The number of H-pyrrole nitrogens is 1. The SMILES string of the molecule is O=S(=O)(CC1CCCCC1)NCc1ncn[nH]1. The summed E-state index contributed by atoms with van der Waals surface area (Å²) in [4.78, 5) is 3.87. The quantitative estimate of drug-likeness (QED) is 0.818. The van der Waals surface area contributed by atoms with Crippen molar-refractivity contribution in [2.24, 2.45) is 5.92 Å². The van der Waals surface area contributed by atoms with Crippen molar-refractivity contribution in [3.63, 3.8) is 0 Å². The van der Waals surface area contributed by atoms with Crippen LogP contribution in [-0.2, 0) is 16.6 Å². The van der Waals surface area contributed by atoms with Gasteiger partial charge < -0.3 is 0 Å². The summed E-state index contributed by atoms with van der Waals surface area (Å²) in [6, 6.07) is 0. The molecule has 0 spiro atoms. The number of sulfonamides is 1. The first-order chi connectivity index (χ1) is 8.16. The van der Waals surface area contributed by atoms with Crippen LogP contribution in [0.3, 0.4) is 0 Å². The molecule has 0 saturated heterocycles. The Morgan fingerprint density at radius 3 is 2.76 bits per heavy atom. The van der Waals surface area contributed by atoms with Gasteiger partial charge in [0.25, 0.3) is 0 Å². The van der Waals surface area contributed by atoms with E-state index in [1.165, 1.54) is 12.7 Å². The molecule has 1 aliphatic rings. The molecule has 1 aliphatic carbocycles. The summed E-state index contributed by atoms with van der Waals surface area (Å²) in [5.74, 6) is 1.09. The number of aromatic nitrogens is 3. The summed E-state index contributed by atoms with van der Waals surface area (Å²) in [6.07, 6.45) is 6.98. The maximum atomic E-state index is 11.8. The maximum absolute atomic E-state index is 11.8. The third-order valence-electron chi connectivity index (χ3n) is 3.10. The summed E-state index contributed by atoms with van der Waals surface area (Å²) < 4.78 is 26.2. The molecule has 1 fully saturated rings. The first-order valence-electron chi connectivity index (χ1n) is 5.97. The third kappa shape index (κ3) is 4.08. The second-order valence-electron chi connectivity index (χ2n) is 4.54. The molecule has 0 aromatic carbocycles. The van der Waals surface area contributed by atoms with Crippen LogP contribution < -0.4 is 4.72 Å². The Balaban J connectivity index is 1.81. The van der Waals surface area contributed by atoms with Gasteiger partial charge in [-0.05, 0) is 18.8 Å². The van der Waals surface area contributed by atoms with Gasteiger partial charge in [-0.2, -0.15) is 5.10 Å². The predicted molar refractivity (Wildman–Crippen MR) is 63.6 cm³/mol. The normalized spacial score (nSPS) is 18.4. The molecule has 1 saturated carbocycles. The van der Waals surface area contributed by atoms with Crippen LogP contribution in [0.1, 0.15) is 37.9 Å². The van der Waals surface area contributed by atoms with Crippen LogP contribution in [0.15, 0.2) is 6.33 Å². The smallest absolute Gasteiger partial charge is 0.212 e. The van der Waals surface area contributed by atoms with Crippen LogP contribution in [0, 0.1) is 5.92 Å². The van der Waals surface area contributed by atoms with E-state index in [1.54, 1.807) is 0 Å². The van der Waals surface area contributed by atoms with E-state index in [9.17, 15) is 8.42 Å². The lowest BCUT2D eigenvalue weighted by atomic mass is 9.91. The number of hydrogen-bond donors (Lipinski definition) is 2. The zero-order chi connectivity index (χ0) is 12.1. The van der Waals surface area contributed by atoms with E-state index in [0.29, 0.717) is 11.7 Å². The molecule has 0 radical (unpaired) electrons. The fourth-order valence-corrected chi connectivity index (χ4v) is 3.65. The minimum Gasteiger partial charge on any atom is -0.262 e. The monoisotopic (exact) mass is 258 g/mol. The van der Waals surface area contributed by atoms with Crippen molar-refractivity contribution >= 4 is 10.0 Å². The third-order valence-corrected chi connectivity index (χ3v) is 4.60. The molecule has 2 N–H and O–H groups in total. The Labute approximate surface area is 101 Å². The van der Waals surface area contributed by atoms with Crippen molar-refractivity contribution in [1.29, 1.82) is 0 Å². The van der Waals surface area contributed by atoms with E-state index in [-0.39, 0.29) is 12.3 Å². The zero-order valence-corrected chi connectivity index (χ0v) is 10.5. The molecule has 0 aliphatic heterocycles. The highest BCUT2D eigenvalue weighted by Crippen LogP contribution is 2.24. The van der Waals surface area contributed by atoms with Crippen LogP contribution >= 0.6 is 0 Å². The molecule has 2 rings (SSSR count). The van der Waals surface area contributed by atoms with E-state index in [1.807, 2.05) is 0 Å². The van der Waals surface area contributed by atoms with Gasteiger partial charge in [0.05, 0.1) is 12.3 Å². The van der Waals surface area contributed by atoms with Gasteiger partial charge in [-0.1, -0.05) is 19.3 Å². The molecule has 17 heavy (non-hydrogen) atoms. The minimum absolute atomic E-state index is 0.190. The molecular formula is C10H18N4O2S. The van der Waals surface area contributed by atoms with Crippen molar-refractivity contribution in [2.75, 3.05) is 5.75 Å². The predicted octanol–water partition coefficient (Wildman–Crippen LogP) is 0.804. The highest BCUT2D eigenvalue weighted by molar-refractivity contribution is 7.89. The zero-order valence-electron chi connectivity index (χ0n) is 9.72. The minimum atomic E-state index is -3.20. The van der Waals surface area contributed by atoms with Gasteiger partial charge >= 0.3 is 0 Å². The average Bonchev–Trinajstić information content (AvgIpc) is 2.80. The number of nitrogens with zero attached hydrogens (tertiary/aromatic N) is 2. The Morgan fingerprint density at radius 1 is 1.35 bits per heavy atom. The van der Waals surface area contributed by atoms with E-state index in [2.05, 4.69) is 19.9 Å². The number of rotatable bonds is 5. The number of aromatic amines is 1. The van der Waals surface area contributed by atoms with Crippen LogP contribution in [-0.4, -0.2) is 29.4 Å². The van der Waals surface area contributed by atoms with Crippen molar-refractivity contribution in [3.05, 3.63) is 12.2 Å². The second kappa shape index (κ2) is 5.59. The topological polar surface area (TPSA) is 87.7 Å². The largest absolute Gasteiger partial charge is 0.262 e. The van der Waals surface area contributed by atoms with E-state index in [0.717, 1.165) is 25.7 Å². The summed E-state index contributed by atoms with van der Waals surface area (Å²) in [6.45, 7) is 0.190. The van der Waals surface area contributed by atoms with Crippen molar-refractivity contribution in [2.45, 2.75) is 38.6 Å². The van der Waals surface area contributed by atoms with Crippen LogP contribution in [0.4, 0.5) is 0 Å². The molecule has 0 unspecified atom stereocenters. The van der Waals surface area contributed by atoms with Crippen molar-refractivity contribution < 1.29 is 8.42 Å². The lowest BCUT2D eigenvalue weighted by Crippen LogP contribution is -2.30. The summed E-state index contributed by atoms with van der Waals surface area (Å²) in [7, 11) is -3.20. The van der Waals surface area contributed by atoms with Gasteiger partial charge in [0.2, 0.25) is 10.0 Å². The highest BCUT2D eigenvalue weighted by Gasteiger charge is 2.21. The number of nitrogens with one attached hydrogen (secondary N) is 2. The fourth-order valence-electron chi connectivity index (χ4n) is 2.22. The molecule has 1 heterocycles. The lowest BCUT2D eigenvalue weighted by molar-refractivity contribution is 0.384. The Kier molecular flexibility index (Phi) is 4.11. The van der Waals surface area contributed by atoms with E-state index in [4.69, 9.17) is 0 Å². The van der Waals surface area contributed by atoms with Crippen LogP contribution in [0.25, 0.3) is 0 Å². The molecule has 7 heteroatoms. The van der Waals surface area contributed by atoms with E-state index >= 15 is 0 Å². The fraction of sp³-hybridized carbons (Fsp3) is 0.800. The van der Waals surface area contributed by atoms with Gasteiger partial charge in [-0.3, -0.25) is 5.10 Å². The number of hydrogen-bond acceptors (Lipinski definition) is 4. The van der Waals surface area contributed by atoms with Crippen LogP contribution in [0.2, 0.25) is 0 Å². The standard InChI is InChI=1S/C10H18N4O2S/c15-17(16,7-9-4-2-1-3-5-9)13-6-10-11-8-12-14-10/h8-9,13H,1-7H2,(H,11,12,14). The highest BCUT2D eigenvalue weighted by atomic mass is 32.2. The first-order valence-corrected chi connectivity index (χ1v) is 7.62. The molecule has 0 amide bonds. The Bertz CT molecular complexity index is 423. The molecule has 96 valence electrons. The summed E-state index contributed by atoms with van der Waals surface area (Å²) >= 11 is 0.